The van der Waals surface area contributed by atoms with Crippen LogP contribution in [0.25, 0.3) is 0 Å². The minimum Gasteiger partial charge on any atom is -0.384 e. The number of nitrogen functional groups attached to an aromatic ring is 1. The van der Waals surface area contributed by atoms with Crippen molar-refractivity contribution in [3.05, 3.63) is 51.9 Å². The number of hydrogen-bond donors (Lipinski definition) is 1. The Morgan fingerprint density at radius 2 is 2.00 bits per heavy atom. The summed E-state index contributed by atoms with van der Waals surface area (Å²) < 4.78 is 6.62. The molecule has 0 atom stereocenters. The zero-order valence-corrected chi connectivity index (χ0v) is 11.6. The van der Waals surface area contributed by atoms with Gasteiger partial charge in [0.25, 0.3) is 0 Å². The average molecular weight is 308 g/mol. The number of nitrogens with two attached hydrogens (primary N) is 1. The Labute approximate surface area is 114 Å². The number of benzene rings is 1. The second-order valence-electron chi connectivity index (χ2n) is 3.93. The molecule has 0 amide bonds. The number of aromatic nitrogens is 2. The molecule has 0 saturated heterocycles. The zero-order valence-electron chi connectivity index (χ0n) is 10.1. The topological polar surface area (TPSA) is 61.0 Å². The fraction of sp³-hybridized carbons (Fsp3) is 0.231. The molecule has 94 valence electrons. The first-order valence-corrected chi connectivity index (χ1v) is 6.35. The molecule has 0 unspecified atom stereocenters. The number of nitrogens with zero attached hydrogens (tertiary/aromatic N) is 2. The third-order valence-corrected chi connectivity index (χ3v) is 3.14. The fourth-order valence-corrected chi connectivity index (χ4v) is 1.99. The zero-order chi connectivity index (χ0) is 13.0. The molecule has 0 aliphatic carbocycles. The number of hydrogen-bond acceptors (Lipinski definition) is 4. The van der Waals surface area contributed by atoms with Gasteiger partial charge in [0.2, 0.25) is 0 Å². The molecule has 2 aromatic rings. The van der Waals surface area contributed by atoms with Crippen LogP contribution in [0.1, 0.15) is 17.1 Å². The lowest BCUT2D eigenvalue weighted by Crippen LogP contribution is -2.04. The third kappa shape index (κ3) is 3.51. The Hall–Kier alpha value is -1.46. The van der Waals surface area contributed by atoms with E-state index in [0.717, 1.165) is 15.7 Å². The molecule has 4 nitrogen and oxygen atoms in total. The van der Waals surface area contributed by atoms with Crippen LogP contribution in [0.15, 0.2) is 34.8 Å². The van der Waals surface area contributed by atoms with Crippen LogP contribution in [-0.4, -0.2) is 9.97 Å². The number of ether oxygens (including phenoxy) is 1. The summed E-state index contributed by atoms with van der Waals surface area (Å²) in [6.45, 7) is 2.75. The molecular weight excluding hydrogens is 294 g/mol. The van der Waals surface area contributed by atoms with Gasteiger partial charge < -0.3 is 10.5 Å². The van der Waals surface area contributed by atoms with Crippen molar-refractivity contribution in [3.8, 4) is 0 Å². The molecule has 0 aliphatic heterocycles. The van der Waals surface area contributed by atoms with Gasteiger partial charge in [0, 0.05) is 16.2 Å². The highest BCUT2D eigenvalue weighted by molar-refractivity contribution is 9.10. The largest absolute Gasteiger partial charge is 0.384 e. The molecule has 1 aromatic heterocycles. The van der Waals surface area contributed by atoms with Crippen LogP contribution in [0.4, 0.5) is 5.82 Å². The van der Waals surface area contributed by atoms with E-state index in [1.807, 2.05) is 31.2 Å². The maximum absolute atomic E-state index is 5.65. The van der Waals surface area contributed by atoms with Crippen molar-refractivity contribution in [3.63, 3.8) is 0 Å². The highest BCUT2D eigenvalue weighted by atomic mass is 79.9. The van der Waals surface area contributed by atoms with Crippen molar-refractivity contribution in [2.45, 2.75) is 20.1 Å². The van der Waals surface area contributed by atoms with E-state index in [0.29, 0.717) is 24.9 Å². The van der Waals surface area contributed by atoms with Crippen molar-refractivity contribution >= 4 is 21.7 Å². The van der Waals surface area contributed by atoms with E-state index in [1.54, 1.807) is 6.07 Å². The average Bonchev–Trinajstić information content (AvgIpc) is 2.30. The predicted molar refractivity (Wildman–Crippen MR) is 73.8 cm³/mol. The van der Waals surface area contributed by atoms with Crippen LogP contribution in [-0.2, 0) is 18.0 Å². The molecule has 0 aliphatic rings. The van der Waals surface area contributed by atoms with Crippen LogP contribution in [0.5, 0.6) is 0 Å². The number of halogens is 1. The highest BCUT2D eigenvalue weighted by Crippen LogP contribution is 2.17. The Kier molecular flexibility index (Phi) is 4.28. The van der Waals surface area contributed by atoms with Gasteiger partial charge in [0.15, 0.2) is 5.82 Å². The maximum Gasteiger partial charge on any atom is 0.156 e. The summed E-state index contributed by atoms with van der Waals surface area (Å²) in [6.07, 6.45) is 0. The molecular formula is C13H14BrN3O. The van der Waals surface area contributed by atoms with Gasteiger partial charge in [0.1, 0.15) is 12.4 Å². The Morgan fingerprint density at radius 3 is 2.72 bits per heavy atom. The van der Waals surface area contributed by atoms with E-state index < -0.39 is 0 Å². The van der Waals surface area contributed by atoms with E-state index in [4.69, 9.17) is 10.5 Å². The SMILES string of the molecule is Cc1cc(N)nc(COCc2ccccc2Br)n1. The van der Waals surface area contributed by atoms with Gasteiger partial charge in [-0.2, -0.15) is 0 Å². The van der Waals surface area contributed by atoms with E-state index >= 15 is 0 Å². The monoisotopic (exact) mass is 307 g/mol. The molecule has 1 aromatic carbocycles. The van der Waals surface area contributed by atoms with E-state index in [9.17, 15) is 0 Å². The lowest BCUT2D eigenvalue weighted by molar-refractivity contribution is 0.101. The Bertz CT molecular complexity index is 525. The second-order valence-corrected chi connectivity index (χ2v) is 4.79. The van der Waals surface area contributed by atoms with Gasteiger partial charge in [-0.3, -0.25) is 0 Å². The Balaban J connectivity index is 1.94. The minimum atomic E-state index is 0.354. The fourth-order valence-electron chi connectivity index (χ4n) is 1.59. The van der Waals surface area contributed by atoms with Crippen LogP contribution >= 0.6 is 15.9 Å². The first-order valence-electron chi connectivity index (χ1n) is 5.56. The van der Waals surface area contributed by atoms with Crippen LogP contribution in [0, 0.1) is 6.92 Å². The summed E-state index contributed by atoms with van der Waals surface area (Å²) in [6, 6.07) is 9.68. The molecule has 2 N–H and O–H groups in total. The van der Waals surface area contributed by atoms with Crippen molar-refractivity contribution in [1.29, 1.82) is 0 Å². The maximum atomic E-state index is 5.65. The van der Waals surface area contributed by atoms with E-state index in [-0.39, 0.29) is 0 Å². The third-order valence-electron chi connectivity index (χ3n) is 2.37. The summed E-state index contributed by atoms with van der Waals surface area (Å²) >= 11 is 3.47. The van der Waals surface area contributed by atoms with Crippen molar-refractivity contribution in [2.75, 3.05) is 5.73 Å². The van der Waals surface area contributed by atoms with Crippen molar-refractivity contribution in [2.24, 2.45) is 0 Å². The molecule has 0 bridgehead atoms. The second kappa shape index (κ2) is 5.93. The molecule has 0 spiro atoms. The number of rotatable bonds is 4. The smallest absolute Gasteiger partial charge is 0.156 e. The van der Waals surface area contributed by atoms with Gasteiger partial charge in [-0.15, -0.1) is 0 Å². The van der Waals surface area contributed by atoms with Gasteiger partial charge in [-0.1, -0.05) is 34.1 Å². The van der Waals surface area contributed by atoms with Gasteiger partial charge in [-0.25, -0.2) is 9.97 Å². The molecule has 0 saturated carbocycles. The van der Waals surface area contributed by atoms with Gasteiger partial charge in [0.05, 0.1) is 6.61 Å². The molecule has 2 rings (SSSR count). The number of anilines is 1. The summed E-state index contributed by atoms with van der Waals surface area (Å²) in [4.78, 5) is 8.38. The normalized spacial score (nSPS) is 10.6. The summed E-state index contributed by atoms with van der Waals surface area (Å²) in [5.41, 5.74) is 7.60. The van der Waals surface area contributed by atoms with Crippen molar-refractivity contribution in [1.82, 2.24) is 9.97 Å². The van der Waals surface area contributed by atoms with Crippen LogP contribution in [0.2, 0.25) is 0 Å². The van der Waals surface area contributed by atoms with E-state index in [1.165, 1.54) is 0 Å². The molecule has 5 heteroatoms. The van der Waals surface area contributed by atoms with Gasteiger partial charge in [-0.05, 0) is 18.6 Å². The quantitative estimate of drug-likeness (QED) is 0.943. The Morgan fingerprint density at radius 1 is 1.22 bits per heavy atom. The first kappa shape index (κ1) is 13.0. The molecule has 1 heterocycles. The standard InChI is InChI=1S/C13H14BrN3O/c1-9-6-12(15)17-13(16-9)8-18-7-10-4-2-3-5-11(10)14/h2-6H,7-8H2,1H3,(H2,15,16,17). The van der Waals surface area contributed by atoms with E-state index in [2.05, 4.69) is 25.9 Å². The first-order chi connectivity index (χ1) is 8.65. The summed E-state index contributed by atoms with van der Waals surface area (Å²) in [5.74, 6) is 1.08. The predicted octanol–water partition coefficient (Wildman–Crippen LogP) is 2.85. The highest BCUT2D eigenvalue weighted by Gasteiger charge is 2.02. The molecule has 18 heavy (non-hydrogen) atoms. The minimum absolute atomic E-state index is 0.354. The van der Waals surface area contributed by atoms with Gasteiger partial charge >= 0.3 is 0 Å². The van der Waals surface area contributed by atoms with Crippen molar-refractivity contribution < 1.29 is 4.74 Å². The lowest BCUT2D eigenvalue weighted by atomic mass is 10.2. The lowest BCUT2D eigenvalue weighted by Gasteiger charge is -2.06. The molecule has 0 radical (unpaired) electrons. The van der Waals surface area contributed by atoms with Crippen LogP contribution in [0.3, 0.4) is 0 Å². The molecule has 0 fully saturated rings. The van der Waals surface area contributed by atoms with Crippen LogP contribution < -0.4 is 5.73 Å². The summed E-state index contributed by atoms with van der Waals surface area (Å²) in [7, 11) is 0. The summed E-state index contributed by atoms with van der Waals surface area (Å²) in [5, 5.41) is 0. The number of aryl methyl sites for hydroxylation is 1.